The first-order chi connectivity index (χ1) is 10.3. The van der Waals surface area contributed by atoms with Crippen LogP contribution in [0.2, 0.25) is 0 Å². The normalized spacial score (nSPS) is 20.2. The van der Waals surface area contributed by atoms with Crippen molar-refractivity contribution in [3.05, 3.63) is 57.8 Å². The quantitative estimate of drug-likeness (QED) is 0.913. The van der Waals surface area contributed by atoms with Crippen LogP contribution in [0, 0.1) is 0 Å². The zero-order chi connectivity index (χ0) is 14.7. The highest BCUT2D eigenvalue weighted by Gasteiger charge is 2.29. The molecule has 112 valence electrons. The molecule has 2 aromatic rings. The Balaban J connectivity index is 1.66. The van der Waals surface area contributed by atoms with Crippen LogP contribution in [0.25, 0.3) is 0 Å². The minimum absolute atomic E-state index is 0.480. The second-order valence-corrected chi connectivity index (χ2v) is 6.88. The van der Waals surface area contributed by atoms with Crippen molar-refractivity contribution in [1.82, 2.24) is 4.90 Å². The number of nitrogens with two attached hydrogens (primary N) is 1. The van der Waals surface area contributed by atoms with Crippen LogP contribution in [-0.4, -0.2) is 24.0 Å². The van der Waals surface area contributed by atoms with Crippen LogP contribution in [0.4, 0.5) is 0 Å². The Kier molecular flexibility index (Phi) is 4.73. The maximum atomic E-state index is 6.09. The molecule has 0 radical (unpaired) electrons. The monoisotopic (exact) mass is 300 g/mol. The molecule has 2 nitrogen and oxygen atoms in total. The van der Waals surface area contributed by atoms with Crippen molar-refractivity contribution in [1.29, 1.82) is 0 Å². The molecule has 0 spiro atoms. The molecule has 0 aliphatic carbocycles. The van der Waals surface area contributed by atoms with Crippen LogP contribution >= 0.6 is 11.3 Å². The van der Waals surface area contributed by atoms with Gasteiger partial charge in [-0.25, -0.2) is 0 Å². The van der Waals surface area contributed by atoms with Gasteiger partial charge in [-0.15, -0.1) is 11.3 Å². The Morgan fingerprint density at radius 1 is 1.29 bits per heavy atom. The Labute approximate surface area is 131 Å². The van der Waals surface area contributed by atoms with Crippen molar-refractivity contribution in [3.63, 3.8) is 0 Å². The number of hydrogen-bond donors (Lipinski definition) is 1. The summed E-state index contributed by atoms with van der Waals surface area (Å²) in [4.78, 5) is 4.18. The third-order valence-corrected chi connectivity index (χ3v) is 5.67. The molecule has 2 N–H and O–H groups in total. The number of rotatable bonds is 5. The number of nitrogens with zero attached hydrogens (tertiary/aromatic N) is 1. The van der Waals surface area contributed by atoms with Gasteiger partial charge in [-0.2, -0.15) is 0 Å². The Morgan fingerprint density at radius 3 is 2.86 bits per heavy atom. The molecule has 1 aliphatic heterocycles. The van der Waals surface area contributed by atoms with Gasteiger partial charge >= 0.3 is 0 Å². The van der Waals surface area contributed by atoms with E-state index in [4.69, 9.17) is 5.73 Å². The van der Waals surface area contributed by atoms with E-state index in [2.05, 4.69) is 53.6 Å². The lowest BCUT2D eigenvalue weighted by Crippen LogP contribution is -2.45. The van der Waals surface area contributed by atoms with Gasteiger partial charge in [0.25, 0.3) is 0 Å². The predicted octanol–water partition coefficient (Wildman–Crippen LogP) is 3.63. The van der Waals surface area contributed by atoms with Crippen molar-refractivity contribution in [2.45, 2.75) is 38.3 Å². The summed E-state index contributed by atoms with van der Waals surface area (Å²) in [5.74, 6) is 0. The van der Waals surface area contributed by atoms with Crippen LogP contribution in [0.15, 0.2) is 41.8 Å². The number of aryl methyl sites for hydroxylation is 1. The summed E-state index contributed by atoms with van der Waals surface area (Å²) in [6, 6.07) is 14.0. The molecular weight excluding hydrogens is 276 g/mol. The molecule has 1 aromatic carbocycles. The molecule has 2 atom stereocenters. The standard InChI is InChI=1S/C18H24N2S/c1-14-17-10-12-21-18(17)9-11-20(14)16(13-19)8-7-15-5-3-2-4-6-15/h2-6,10,12,14,16H,7-9,11,13,19H2,1H3. The topological polar surface area (TPSA) is 29.3 Å². The van der Waals surface area contributed by atoms with Crippen molar-refractivity contribution < 1.29 is 0 Å². The van der Waals surface area contributed by atoms with Gasteiger partial charge in [0, 0.05) is 30.1 Å². The fourth-order valence-electron chi connectivity index (χ4n) is 3.42. The summed E-state index contributed by atoms with van der Waals surface area (Å²) in [7, 11) is 0. The van der Waals surface area contributed by atoms with E-state index < -0.39 is 0 Å². The van der Waals surface area contributed by atoms with Crippen molar-refractivity contribution in [2.75, 3.05) is 13.1 Å². The first kappa shape index (κ1) is 14.8. The number of benzene rings is 1. The first-order valence-electron chi connectivity index (χ1n) is 7.85. The Bertz CT molecular complexity index is 564. The third kappa shape index (κ3) is 3.20. The minimum atomic E-state index is 0.480. The average molecular weight is 300 g/mol. The molecule has 0 saturated carbocycles. The van der Waals surface area contributed by atoms with Gasteiger partial charge in [-0.1, -0.05) is 30.3 Å². The Morgan fingerprint density at radius 2 is 2.10 bits per heavy atom. The number of hydrogen-bond acceptors (Lipinski definition) is 3. The van der Waals surface area contributed by atoms with E-state index in [0.29, 0.717) is 12.1 Å². The molecule has 1 aromatic heterocycles. The minimum Gasteiger partial charge on any atom is -0.329 e. The van der Waals surface area contributed by atoms with Crippen LogP contribution in [0.3, 0.4) is 0 Å². The SMILES string of the molecule is CC1c2ccsc2CCN1C(CN)CCc1ccccc1. The molecule has 0 saturated heterocycles. The Hall–Kier alpha value is -1.16. The maximum Gasteiger partial charge on any atom is 0.0334 e. The molecule has 2 heterocycles. The molecule has 0 amide bonds. The van der Waals surface area contributed by atoms with Gasteiger partial charge in [-0.3, -0.25) is 4.90 Å². The zero-order valence-electron chi connectivity index (χ0n) is 12.7. The number of fused-ring (bicyclic) bond motifs is 1. The van der Waals surface area contributed by atoms with Gasteiger partial charge < -0.3 is 5.73 Å². The van der Waals surface area contributed by atoms with E-state index in [-0.39, 0.29) is 0 Å². The summed E-state index contributed by atoms with van der Waals surface area (Å²) in [6.45, 7) is 4.22. The van der Waals surface area contributed by atoms with E-state index in [0.717, 1.165) is 25.9 Å². The van der Waals surface area contributed by atoms with Crippen molar-refractivity contribution in [2.24, 2.45) is 5.73 Å². The smallest absolute Gasteiger partial charge is 0.0334 e. The molecule has 3 rings (SSSR count). The number of thiophene rings is 1. The second-order valence-electron chi connectivity index (χ2n) is 5.88. The lowest BCUT2D eigenvalue weighted by Gasteiger charge is -2.39. The summed E-state index contributed by atoms with van der Waals surface area (Å²) >= 11 is 1.90. The van der Waals surface area contributed by atoms with Gasteiger partial charge in [0.05, 0.1) is 0 Å². The second kappa shape index (κ2) is 6.73. The molecule has 1 aliphatic rings. The van der Waals surface area contributed by atoms with Gasteiger partial charge in [-0.05, 0) is 48.8 Å². The van der Waals surface area contributed by atoms with Crippen LogP contribution < -0.4 is 5.73 Å². The van der Waals surface area contributed by atoms with Crippen LogP contribution in [0.5, 0.6) is 0 Å². The first-order valence-corrected chi connectivity index (χ1v) is 8.73. The summed E-state index contributed by atoms with van der Waals surface area (Å²) < 4.78 is 0. The summed E-state index contributed by atoms with van der Waals surface area (Å²) in [5.41, 5.74) is 9.02. The molecular formula is C18H24N2S. The van der Waals surface area contributed by atoms with Crippen LogP contribution in [0.1, 0.15) is 35.4 Å². The third-order valence-electron chi connectivity index (χ3n) is 4.67. The van der Waals surface area contributed by atoms with Crippen LogP contribution in [-0.2, 0) is 12.8 Å². The molecule has 0 bridgehead atoms. The molecule has 2 unspecified atom stereocenters. The average Bonchev–Trinajstić information content (AvgIpc) is 3.00. The molecule has 21 heavy (non-hydrogen) atoms. The highest BCUT2D eigenvalue weighted by atomic mass is 32.1. The predicted molar refractivity (Wildman–Crippen MR) is 90.7 cm³/mol. The fourth-order valence-corrected chi connectivity index (χ4v) is 4.39. The van der Waals surface area contributed by atoms with E-state index >= 15 is 0 Å². The molecule has 3 heteroatoms. The highest BCUT2D eigenvalue weighted by Crippen LogP contribution is 2.34. The lowest BCUT2D eigenvalue weighted by molar-refractivity contribution is 0.132. The van der Waals surface area contributed by atoms with E-state index in [1.807, 2.05) is 11.3 Å². The van der Waals surface area contributed by atoms with Gasteiger partial charge in [0.2, 0.25) is 0 Å². The summed E-state index contributed by atoms with van der Waals surface area (Å²) in [5, 5.41) is 2.23. The van der Waals surface area contributed by atoms with Gasteiger partial charge in [0.1, 0.15) is 0 Å². The van der Waals surface area contributed by atoms with E-state index in [9.17, 15) is 0 Å². The van der Waals surface area contributed by atoms with Crippen molar-refractivity contribution in [3.8, 4) is 0 Å². The van der Waals surface area contributed by atoms with Crippen molar-refractivity contribution >= 4 is 11.3 Å². The molecule has 0 fully saturated rings. The van der Waals surface area contributed by atoms with Gasteiger partial charge in [0.15, 0.2) is 0 Å². The zero-order valence-corrected chi connectivity index (χ0v) is 13.5. The fraction of sp³-hybridized carbons (Fsp3) is 0.444. The summed E-state index contributed by atoms with van der Waals surface area (Å²) in [6.07, 6.45) is 3.44. The van der Waals surface area contributed by atoms with E-state index in [1.165, 1.54) is 17.5 Å². The maximum absolute atomic E-state index is 6.09. The van der Waals surface area contributed by atoms with E-state index in [1.54, 1.807) is 4.88 Å². The largest absolute Gasteiger partial charge is 0.329 e. The highest BCUT2D eigenvalue weighted by molar-refractivity contribution is 7.10. The lowest BCUT2D eigenvalue weighted by atomic mass is 9.96.